The van der Waals surface area contributed by atoms with Crippen LogP contribution >= 0.6 is 0 Å². The van der Waals surface area contributed by atoms with E-state index in [4.69, 9.17) is 0 Å². The number of nitrogens with one attached hydrogen (secondary N) is 1. The molecule has 1 heterocycles. The van der Waals surface area contributed by atoms with E-state index in [-0.39, 0.29) is 17.1 Å². The Morgan fingerprint density at radius 1 is 1.00 bits per heavy atom. The first-order valence-corrected chi connectivity index (χ1v) is 9.28. The molecule has 7 heteroatoms. The number of halogens is 2. The van der Waals surface area contributed by atoms with Crippen molar-refractivity contribution >= 4 is 23.1 Å². The second kappa shape index (κ2) is 7.87. The van der Waals surface area contributed by atoms with Crippen molar-refractivity contribution in [3.05, 3.63) is 99.3 Å². The topological polar surface area (TPSA) is 59.3 Å². The number of aromatic nitrogens is 2. The molecule has 150 valence electrons. The van der Waals surface area contributed by atoms with Crippen LogP contribution in [0.25, 0.3) is 16.6 Å². The summed E-state index contributed by atoms with van der Waals surface area (Å²) >= 11 is 0. The predicted molar refractivity (Wildman–Crippen MR) is 114 cm³/mol. The monoisotopic (exact) mass is 404 g/mol. The van der Waals surface area contributed by atoms with Crippen LogP contribution < -0.4 is 11.0 Å². The molecule has 0 unspecified atom stereocenters. The van der Waals surface area contributed by atoms with Crippen molar-refractivity contribution in [3.8, 4) is 5.69 Å². The van der Waals surface area contributed by atoms with Crippen molar-refractivity contribution in [2.24, 2.45) is 5.10 Å². The zero-order valence-corrected chi connectivity index (χ0v) is 16.4. The molecule has 4 rings (SSSR count). The molecule has 0 aliphatic rings. The number of rotatable bonds is 4. The van der Waals surface area contributed by atoms with Crippen LogP contribution in [-0.4, -0.2) is 15.8 Å². The van der Waals surface area contributed by atoms with Crippen LogP contribution in [0.2, 0.25) is 0 Å². The molecule has 1 aromatic heterocycles. The molecule has 30 heavy (non-hydrogen) atoms. The first-order valence-electron chi connectivity index (χ1n) is 9.28. The van der Waals surface area contributed by atoms with Crippen LogP contribution in [0.5, 0.6) is 0 Å². The molecule has 5 nitrogen and oxygen atoms in total. The molecule has 0 saturated heterocycles. The van der Waals surface area contributed by atoms with Crippen molar-refractivity contribution in [2.75, 3.05) is 5.43 Å². The van der Waals surface area contributed by atoms with Crippen LogP contribution in [0.1, 0.15) is 16.7 Å². The van der Waals surface area contributed by atoms with E-state index >= 15 is 0 Å². The summed E-state index contributed by atoms with van der Waals surface area (Å²) in [6.07, 6.45) is 1.03. The fraction of sp³-hybridized carbons (Fsp3) is 0.0870. The van der Waals surface area contributed by atoms with Gasteiger partial charge in [0.15, 0.2) is 0 Å². The third-order valence-electron chi connectivity index (χ3n) is 4.73. The molecule has 0 saturated carbocycles. The van der Waals surface area contributed by atoms with Crippen molar-refractivity contribution < 1.29 is 8.78 Å². The first-order chi connectivity index (χ1) is 14.5. The first kappa shape index (κ1) is 19.4. The third kappa shape index (κ3) is 3.57. The predicted octanol–water partition coefficient (Wildman–Crippen LogP) is 4.73. The maximum absolute atomic E-state index is 13.9. The molecular formula is C23H18F2N4O. The Bertz CT molecular complexity index is 1320. The van der Waals surface area contributed by atoms with Crippen LogP contribution in [0.4, 0.5) is 14.7 Å². The summed E-state index contributed by atoms with van der Waals surface area (Å²) in [7, 11) is 0. The van der Waals surface area contributed by atoms with Gasteiger partial charge in [-0.15, -0.1) is 0 Å². The average molecular weight is 404 g/mol. The summed E-state index contributed by atoms with van der Waals surface area (Å²) in [5.74, 6) is -1.34. The molecule has 0 amide bonds. The number of fused-ring (bicyclic) bond motifs is 1. The quantitative estimate of drug-likeness (QED) is 0.395. The molecule has 3 aromatic carbocycles. The molecule has 0 fully saturated rings. The van der Waals surface area contributed by atoms with E-state index in [1.54, 1.807) is 24.3 Å². The van der Waals surface area contributed by atoms with E-state index in [0.717, 1.165) is 29.5 Å². The number of hydrogen-bond acceptors (Lipinski definition) is 4. The van der Waals surface area contributed by atoms with Crippen LogP contribution in [-0.2, 0) is 0 Å². The lowest BCUT2D eigenvalue weighted by Crippen LogP contribution is -2.23. The summed E-state index contributed by atoms with van der Waals surface area (Å²) in [5.41, 5.74) is 5.17. The Hall–Kier alpha value is -3.87. The van der Waals surface area contributed by atoms with Gasteiger partial charge in [-0.3, -0.25) is 4.79 Å². The number of aryl methyl sites for hydroxylation is 2. The highest BCUT2D eigenvalue weighted by molar-refractivity contribution is 5.82. The highest BCUT2D eigenvalue weighted by Crippen LogP contribution is 2.20. The average Bonchev–Trinajstić information content (AvgIpc) is 2.71. The Kier molecular flexibility index (Phi) is 5.10. The summed E-state index contributed by atoms with van der Waals surface area (Å²) in [5, 5.41) is 4.39. The van der Waals surface area contributed by atoms with Gasteiger partial charge in [-0.05, 0) is 49.7 Å². The van der Waals surface area contributed by atoms with E-state index in [1.807, 2.05) is 32.0 Å². The highest BCUT2D eigenvalue weighted by Gasteiger charge is 2.14. The van der Waals surface area contributed by atoms with Gasteiger partial charge in [-0.25, -0.2) is 23.8 Å². The number of para-hydroxylation sites is 1. The smallest absolute Gasteiger partial charge is 0.267 e. The van der Waals surface area contributed by atoms with Gasteiger partial charge in [0.2, 0.25) is 5.95 Å². The van der Waals surface area contributed by atoms with Crippen molar-refractivity contribution in [1.82, 2.24) is 9.55 Å². The molecule has 1 N–H and O–H groups in total. The molecule has 0 aliphatic heterocycles. The lowest BCUT2D eigenvalue weighted by atomic mass is 10.1. The summed E-state index contributed by atoms with van der Waals surface area (Å²) < 4.78 is 29.1. The van der Waals surface area contributed by atoms with Gasteiger partial charge in [0.05, 0.1) is 28.4 Å². The number of hydrogen-bond donors (Lipinski definition) is 1. The SMILES string of the molecule is Cc1ccc(-n2c(N/N=C\c3c(F)cccc3F)nc3ccccc3c2=O)c(C)c1. The van der Waals surface area contributed by atoms with Gasteiger partial charge in [0.25, 0.3) is 5.56 Å². The maximum Gasteiger partial charge on any atom is 0.267 e. The van der Waals surface area contributed by atoms with Crippen molar-refractivity contribution in [1.29, 1.82) is 0 Å². The Morgan fingerprint density at radius 3 is 2.47 bits per heavy atom. The van der Waals surface area contributed by atoms with Gasteiger partial charge in [-0.1, -0.05) is 35.9 Å². The Labute approximate surface area is 171 Å². The molecule has 0 atom stereocenters. The minimum absolute atomic E-state index is 0.138. The van der Waals surface area contributed by atoms with E-state index < -0.39 is 11.6 Å². The van der Waals surface area contributed by atoms with Crippen LogP contribution in [0, 0.1) is 25.5 Å². The van der Waals surface area contributed by atoms with Gasteiger partial charge in [-0.2, -0.15) is 5.10 Å². The number of benzene rings is 3. The number of hydrazone groups is 1. The van der Waals surface area contributed by atoms with E-state index in [0.29, 0.717) is 16.6 Å². The lowest BCUT2D eigenvalue weighted by Gasteiger charge is -2.15. The van der Waals surface area contributed by atoms with Crippen molar-refractivity contribution in [2.45, 2.75) is 13.8 Å². The second-order valence-corrected chi connectivity index (χ2v) is 6.89. The maximum atomic E-state index is 13.9. The second-order valence-electron chi connectivity index (χ2n) is 6.89. The normalized spacial score (nSPS) is 11.3. The summed E-state index contributed by atoms with van der Waals surface area (Å²) in [6, 6.07) is 16.2. The highest BCUT2D eigenvalue weighted by atomic mass is 19.1. The van der Waals surface area contributed by atoms with Gasteiger partial charge < -0.3 is 0 Å². The zero-order valence-electron chi connectivity index (χ0n) is 16.4. The van der Waals surface area contributed by atoms with E-state index in [9.17, 15) is 13.6 Å². The van der Waals surface area contributed by atoms with Crippen molar-refractivity contribution in [3.63, 3.8) is 0 Å². The number of nitrogens with zero attached hydrogens (tertiary/aromatic N) is 3. The van der Waals surface area contributed by atoms with Gasteiger partial charge in [0.1, 0.15) is 11.6 Å². The molecule has 0 spiro atoms. The largest absolute Gasteiger partial charge is 0.268 e. The molecule has 0 aliphatic carbocycles. The minimum atomic E-state index is -0.737. The fourth-order valence-corrected chi connectivity index (χ4v) is 3.28. The van der Waals surface area contributed by atoms with E-state index in [2.05, 4.69) is 15.5 Å². The Morgan fingerprint density at radius 2 is 1.73 bits per heavy atom. The standard InChI is InChI=1S/C23H18F2N4O/c1-14-10-11-21(15(2)12-14)29-22(30)16-6-3-4-9-20(16)27-23(29)28-26-13-17-18(24)7-5-8-19(17)25/h3-13H,1-2H3,(H,27,28)/b26-13-. The summed E-state index contributed by atoms with van der Waals surface area (Å²) in [4.78, 5) is 17.7. The van der Waals surface area contributed by atoms with Crippen LogP contribution in [0.15, 0.2) is 70.6 Å². The third-order valence-corrected chi connectivity index (χ3v) is 4.73. The van der Waals surface area contributed by atoms with Crippen LogP contribution in [0.3, 0.4) is 0 Å². The van der Waals surface area contributed by atoms with Gasteiger partial charge >= 0.3 is 0 Å². The molecule has 0 bridgehead atoms. The Balaban J connectivity index is 1.86. The van der Waals surface area contributed by atoms with E-state index in [1.165, 1.54) is 10.6 Å². The zero-order chi connectivity index (χ0) is 21.3. The summed E-state index contributed by atoms with van der Waals surface area (Å²) in [6.45, 7) is 3.86. The number of anilines is 1. The van der Waals surface area contributed by atoms with Gasteiger partial charge in [0, 0.05) is 0 Å². The molecule has 0 radical (unpaired) electrons. The molecule has 4 aromatic rings. The molecular weight excluding hydrogens is 386 g/mol. The minimum Gasteiger partial charge on any atom is -0.268 e. The fourth-order valence-electron chi connectivity index (χ4n) is 3.28. The lowest BCUT2D eigenvalue weighted by molar-refractivity contribution is 0.580.